The first-order chi connectivity index (χ1) is 11.1. The van der Waals surface area contributed by atoms with Crippen molar-refractivity contribution in [1.29, 1.82) is 0 Å². The van der Waals surface area contributed by atoms with E-state index in [0.717, 1.165) is 4.88 Å². The molecule has 1 aliphatic rings. The molecule has 0 fully saturated rings. The van der Waals surface area contributed by atoms with Crippen LogP contribution in [0.3, 0.4) is 0 Å². The molecule has 3 heterocycles. The van der Waals surface area contributed by atoms with Gasteiger partial charge in [-0.05, 0) is 23.6 Å². The van der Waals surface area contributed by atoms with Crippen LogP contribution in [0.2, 0.25) is 0 Å². The second kappa shape index (κ2) is 6.34. The quantitative estimate of drug-likeness (QED) is 0.916. The van der Waals surface area contributed by atoms with Crippen molar-refractivity contribution in [3.05, 3.63) is 63.8 Å². The van der Waals surface area contributed by atoms with Crippen LogP contribution < -0.4 is 0 Å². The van der Waals surface area contributed by atoms with Gasteiger partial charge in [0, 0.05) is 17.5 Å². The molecule has 118 valence electrons. The first-order valence-electron chi connectivity index (χ1n) is 7.34. The highest BCUT2D eigenvalue weighted by molar-refractivity contribution is 7.09. The molecule has 1 amide bonds. The van der Waals surface area contributed by atoms with E-state index in [1.165, 1.54) is 16.2 Å². The molecule has 0 aliphatic carbocycles. The van der Waals surface area contributed by atoms with Crippen LogP contribution in [0.15, 0.2) is 53.2 Å². The van der Waals surface area contributed by atoms with Gasteiger partial charge in [0.15, 0.2) is 11.5 Å². The van der Waals surface area contributed by atoms with Crippen LogP contribution >= 0.6 is 11.3 Å². The van der Waals surface area contributed by atoms with Crippen LogP contribution in [0, 0.1) is 0 Å². The minimum absolute atomic E-state index is 0.146. The molecule has 3 rings (SSSR count). The van der Waals surface area contributed by atoms with Crippen molar-refractivity contribution in [2.45, 2.75) is 25.9 Å². The molecule has 1 unspecified atom stereocenters. The molecule has 0 saturated heterocycles. The van der Waals surface area contributed by atoms with Crippen LogP contribution in [0.4, 0.5) is 0 Å². The van der Waals surface area contributed by atoms with Gasteiger partial charge in [0.05, 0.1) is 17.8 Å². The fourth-order valence-corrected chi connectivity index (χ4v) is 3.41. The van der Waals surface area contributed by atoms with E-state index < -0.39 is 17.7 Å². The number of amides is 1. The summed E-state index contributed by atoms with van der Waals surface area (Å²) in [7, 11) is 0. The summed E-state index contributed by atoms with van der Waals surface area (Å²) < 4.78 is 0. The highest BCUT2D eigenvalue weighted by Crippen LogP contribution is 2.38. The molecule has 0 spiro atoms. The van der Waals surface area contributed by atoms with Crippen molar-refractivity contribution in [2.24, 2.45) is 0 Å². The molecule has 1 N–H and O–H groups in total. The number of ketones is 1. The third kappa shape index (κ3) is 2.77. The fraction of sp³-hybridized carbons (Fsp3) is 0.235. The lowest BCUT2D eigenvalue weighted by atomic mass is 9.98. The smallest absolute Gasteiger partial charge is 0.290 e. The topological polar surface area (TPSA) is 70.5 Å². The Morgan fingerprint density at radius 1 is 1.35 bits per heavy atom. The summed E-state index contributed by atoms with van der Waals surface area (Å²) in [5.41, 5.74) is 0.728. The number of hydrogen-bond donors (Lipinski definition) is 1. The molecule has 0 bridgehead atoms. The number of rotatable bonds is 5. The molecular weight excluding hydrogens is 312 g/mol. The average molecular weight is 328 g/mol. The lowest BCUT2D eigenvalue weighted by Crippen LogP contribution is -2.30. The SMILES string of the molecule is CCC(=O)C1=C(O)C(=O)N(Cc2cccs2)C1c1ccccn1. The predicted octanol–water partition coefficient (Wildman–Crippen LogP) is 3.02. The Morgan fingerprint density at radius 3 is 2.78 bits per heavy atom. The summed E-state index contributed by atoms with van der Waals surface area (Å²) in [6, 6.07) is 8.53. The van der Waals surface area contributed by atoms with Gasteiger partial charge in [-0.1, -0.05) is 19.1 Å². The Labute approximate surface area is 137 Å². The number of carbonyl (C=O) groups excluding carboxylic acids is 2. The highest BCUT2D eigenvalue weighted by Gasteiger charge is 2.43. The second-order valence-electron chi connectivity index (χ2n) is 5.21. The highest BCUT2D eigenvalue weighted by atomic mass is 32.1. The largest absolute Gasteiger partial charge is 0.503 e. The lowest BCUT2D eigenvalue weighted by Gasteiger charge is -2.25. The minimum Gasteiger partial charge on any atom is -0.503 e. The first-order valence-corrected chi connectivity index (χ1v) is 8.22. The zero-order valence-corrected chi connectivity index (χ0v) is 13.4. The van der Waals surface area contributed by atoms with Crippen molar-refractivity contribution in [3.63, 3.8) is 0 Å². The molecule has 6 heteroatoms. The summed E-state index contributed by atoms with van der Waals surface area (Å²) in [6.07, 6.45) is 1.84. The third-order valence-electron chi connectivity index (χ3n) is 3.80. The number of hydrogen-bond acceptors (Lipinski definition) is 5. The van der Waals surface area contributed by atoms with Gasteiger partial charge in [-0.15, -0.1) is 11.3 Å². The summed E-state index contributed by atoms with van der Waals surface area (Å²) in [5.74, 6) is -1.21. The average Bonchev–Trinajstić information content (AvgIpc) is 3.17. The van der Waals surface area contributed by atoms with Gasteiger partial charge >= 0.3 is 0 Å². The number of carbonyl (C=O) groups is 2. The molecule has 1 atom stereocenters. The zero-order valence-electron chi connectivity index (χ0n) is 12.6. The number of Topliss-reactive ketones (excluding diaryl/α,β-unsaturated/α-hetero) is 1. The first kappa shape index (κ1) is 15.4. The maximum absolute atomic E-state index is 12.5. The minimum atomic E-state index is -0.641. The molecule has 23 heavy (non-hydrogen) atoms. The van der Waals surface area contributed by atoms with Crippen molar-refractivity contribution >= 4 is 23.0 Å². The number of nitrogens with zero attached hydrogens (tertiary/aromatic N) is 2. The Bertz CT molecular complexity index is 753. The van der Waals surface area contributed by atoms with Crippen LogP contribution in [-0.2, 0) is 16.1 Å². The van der Waals surface area contributed by atoms with Gasteiger partial charge in [-0.25, -0.2) is 0 Å². The van der Waals surface area contributed by atoms with Crippen molar-refractivity contribution in [3.8, 4) is 0 Å². The van der Waals surface area contributed by atoms with Gasteiger partial charge in [-0.2, -0.15) is 0 Å². The Kier molecular flexibility index (Phi) is 4.25. The second-order valence-corrected chi connectivity index (χ2v) is 6.24. The summed E-state index contributed by atoms with van der Waals surface area (Å²) >= 11 is 1.53. The number of pyridine rings is 1. The summed E-state index contributed by atoms with van der Waals surface area (Å²) in [5, 5.41) is 12.2. The van der Waals surface area contributed by atoms with Gasteiger partial charge in [0.2, 0.25) is 0 Å². The molecule has 5 nitrogen and oxygen atoms in total. The number of thiophene rings is 1. The van der Waals surface area contributed by atoms with Crippen molar-refractivity contribution in [1.82, 2.24) is 9.88 Å². The fourth-order valence-electron chi connectivity index (χ4n) is 2.71. The maximum atomic E-state index is 12.5. The Morgan fingerprint density at radius 2 is 2.17 bits per heavy atom. The van der Waals surface area contributed by atoms with Gasteiger partial charge in [-0.3, -0.25) is 14.6 Å². The number of aliphatic hydroxyl groups excluding tert-OH is 1. The normalized spacial score (nSPS) is 17.9. The summed E-state index contributed by atoms with van der Waals surface area (Å²) in [4.78, 5) is 31.5. The van der Waals surface area contributed by atoms with Crippen LogP contribution in [0.1, 0.15) is 30.0 Å². The van der Waals surface area contributed by atoms with Gasteiger partial charge in [0.25, 0.3) is 5.91 Å². The summed E-state index contributed by atoms with van der Waals surface area (Å²) in [6.45, 7) is 2.05. The molecule has 1 aliphatic heterocycles. The monoisotopic (exact) mass is 328 g/mol. The van der Waals surface area contributed by atoms with Crippen LogP contribution in [0.25, 0.3) is 0 Å². The van der Waals surface area contributed by atoms with E-state index in [0.29, 0.717) is 12.2 Å². The van der Waals surface area contributed by atoms with E-state index in [4.69, 9.17) is 0 Å². The Balaban J connectivity index is 2.05. The van der Waals surface area contributed by atoms with Crippen LogP contribution in [0.5, 0.6) is 0 Å². The predicted molar refractivity (Wildman–Crippen MR) is 86.8 cm³/mol. The van der Waals surface area contributed by atoms with Crippen molar-refractivity contribution < 1.29 is 14.7 Å². The maximum Gasteiger partial charge on any atom is 0.290 e. The van der Waals surface area contributed by atoms with E-state index in [1.54, 1.807) is 31.3 Å². The number of aliphatic hydroxyl groups is 1. The molecule has 0 saturated carbocycles. The van der Waals surface area contributed by atoms with E-state index >= 15 is 0 Å². The molecule has 2 aromatic rings. The molecule has 0 aromatic carbocycles. The van der Waals surface area contributed by atoms with Gasteiger partial charge in [0.1, 0.15) is 6.04 Å². The van der Waals surface area contributed by atoms with E-state index in [1.807, 2.05) is 17.5 Å². The molecule has 0 radical (unpaired) electrons. The van der Waals surface area contributed by atoms with E-state index in [9.17, 15) is 14.7 Å². The number of aromatic nitrogens is 1. The zero-order chi connectivity index (χ0) is 16.4. The lowest BCUT2D eigenvalue weighted by molar-refractivity contribution is -0.130. The van der Waals surface area contributed by atoms with E-state index in [2.05, 4.69) is 4.98 Å². The molecular formula is C17H16N2O3S. The standard InChI is InChI=1S/C17H16N2O3S/c1-2-13(20)14-15(12-7-3-4-8-18-12)19(17(22)16(14)21)10-11-6-5-9-23-11/h3-9,15,21H,2,10H2,1H3. The van der Waals surface area contributed by atoms with E-state index in [-0.39, 0.29) is 17.8 Å². The van der Waals surface area contributed by atoms with Crippen molar-refractivity contribution in [2.75, 3.05) is 0 Å². The van der Waals surface area contributed by atoms with Crippen LogP contribution in [-0.4, -0.2) is 26.7 Å². The third-order valence-corrected chi connectivity index (χ3v) is 4.66. The Hall–Kier alpha value is -2.47. The molecule has 2 aromatic heterocycles. The van der Waals surface area contributed by atoms with Gasteiger partial charge < -0.3 is 10.0 Å².